The highest BCUT2D eigenvalue weighted by atomic mass is 16.2. The lowest BCUT2D eigenvalue weighted by Crippen LogP contribution is -2.27. The number of carbonyl (C=O) groups excluding carboxylic acids is 2. The van der Waals surface area contributed by atoms with Gasteiger partial charge in [-0.15, -0.1) is 0 Å². The van der Waals surface area contributed by atoms with Crippen molar-refractivity contribution in [1.82, 2.24) is 19.4 Å². The van der Waals surface area contributed by atoms with Crippen LogP contribution in [0.25, 0.3) is 11.3 Å². The zero-order valence-corrected chi connectivity index (χ0v) is 16.1. The summed E-state index contributed by atoms with van der Waals surface area (Å²) in [7, 11) is 0. The van der Waals surface area contributed by atoms with Crippen molar-refractivity contribution in [2.45, 2.75) is 46.2 Å². The van der Waals surface area contributed by atoms with E-state index in [1.54, 1.807) is 0 Å². The average Bonchev–Trinajstić information content (AvgIpc) is 3.38. The van der Waals surface area contributed by atoms with Crippen LogP contribution < -0.4 is 0 Å². The largest absolute Gasteiger partial charge is 0.339 e. The van der Waals surface area contributed by atoms with Crippen molar-refractivity contribution in [3.8, 4) is 11.3 Å². The number of hydrogen-bond donors (Lipinski definition) is 0. The van der Waals surface area contributed by atoms with E-state index in [4.69, 9.17) is 0 Å². The third kappa shape index (κ3) is 3.13. The Labute approximate surface area is 159 Å². The molecule has 1 fully saturated rings. The molecule has 142 valence electrons. The third-order valence-electron chi connectivity index (χ3n) is 5.51. The van der Waals surface area contributed by atoms with Gasteiger partial charge in [0, 0.05) is 30.8 Å². The molecule has 1 saturated heterocycles. The molecule has 0 N–H and O–H groups in total. The van der Waals surface area contributed by atoms with Crippen LogP contribution in [0.2, 0.25) is 0 Å². The highest BCUT2D eigenvalue weighted by Crippen LogP contribution is 2.30. The van der Waals surface area contributed by atoms with Crippen LogP contribution in [0.1, 0.15) is 59.3 Å². The second-order valence-electron chi connectivity index (χ2n) is 7.44. The number of aryl methyl sites for hydroxylation is 1. The lowest BCUT2D eigenvalue weighted by Gasteiger charge is -2.16. The van der Waals surface area contributed by atoms with Crippen molar-refractivity contribution in [1.29, 1.82) is 0 Å². The van der Waals surface area contributed by atoms with Crippen molar-refractivity contribution in [3.05, 3.63) is 41.3 Å². The number of benzene rings is 1. The standard InChI is InChI=1S/C21H26N4O2/c1-3-4-11-24-14-25-18(15(2)22-19(25)21(24)27)16-7-9-17(10-8-16)20(26)23-12-5-6-13-23/h7-10H,3-6,11-14H2,1-2H3. The predicted molar refractivity (Wildman–Crippen MR) is 103 cm³/mol. The van der Waals surface area contributed by atoms with E-state index in [9.17, 15) is 9.59 Å². The first kappa shape index (κ1) is 17.8. The molecular formula is C21H26N4O2. The Hall–Kier alpha value is -2.63. The maximum Gasteiger partial charge on any atom is 0.291 e. The first-order valence-corrected chi connectivity index (χ1v) is 9.86. The van der Waals surface area contributed by atoms with Gasteiger partial charge in [-0.1, -0.05) is 25.5 Å². The van der Waals surface area contributed by atoms with E-state index in [-0.39, 0.29) is 11.8 Å². The molecule has 3 heterocycles. The third-order valence-corrected chi connectivity index (χ3v) is 5.51. The predicted octanol–water partition coefficient (Wildman–Crippen LogP) is 3.31. The molecule has 0 unspecified atom stereocenters. The number of carbonyl (C=O) groups is 2. The normalized spacial score (nSPS) is 16.3. The highest BCUT2D eigenvalue weighted by Gasteiger charge is 2.32. The highest BCUT2D eigenvalue weighted by molar-refractivity contribution is 5.95. The van der Waals surface area contributed by atoms with Crippen molar-refractivity contribution in [2.75, 3.05) is 19.6 Å². The molecule has 2 amide bonds. The molecule has 0 spiro atoms. The summed E-state index contributed by atoms with van der Waals surface area (Å²) in [6, 6.07) is 7.72. The fourth-order valence-corrected chi connectivity index (χ4v) is 4.01. The molecule has 0 atom stereocenters. The lowest BCUT2D eigenvalue weighted by molar-refractivity contribution is 0.0761. The minimum absolute atomic E-state index is 0.0126. The Morgan fingerprint density at radius 3 is 2.52 bits per heavy atom. The Bertz CT molecular complexity index is 863. The quantitative estimate of drug-likeness (QED) is 0.816. The second kappa shape index (κ2) is 7.18. The molecule has 2 aliphatic heterocycles. The molecule has 2 aliphatic rings. The summed E-state index contributed by atoms with van der Waals surface area (Å²) < 4.78 is 2.00. The Morgan fingerprint density at radius 1 is 1.15 bits per heavy atom. The number of rotatable bonds is 5. The fourth-order valence-electron chi connectivity index (χ4n) is 4.01. The summed E-state index contributed by atoms with van der Waals surface area (Å²) in [5.74, 6) is 0.643. The molecule has 6 nitrogen and oxygen atoms in total. The number of imidazole rings is 1. The van der Waals surface area contributed by atoms with Gasteiger partial charge < -0.3 is 14.4 Å². The number of nitrogens with zero attached hydrogens (tertiary/aromatic N) is 4. The van der Waals surface area contributed by atoms with Crippen molar-refractivity contribution in [2.24, 2.45) is 0 Å². The molecule has 6 heteroatoms. The fraction of sp³-hybridized carbons (Fsp3) is 0.476. The van der Waals surface area contributed by atoms with Gasteiger partial charge in [-0.3, -0.25) is 9.59 Å². The summed E-state index contributed by atoms with van der Waals surface area (Å²) >= 11 is 0. The molecule has 4 rings (SSSR count). The maximum atomic E-state index is 12.6. The molecule has 1 aromatic carbocycles. The van der Waals surface area contributed by atoms with Gasteiger partial charge in [-0.05, 0) is 38.3 Å². The number of likely N-dealkylation sites (tertiary alicyclic amines) is 1. The van der Waals surface area contributed by atoms with E-state index in [1.165, 1.54) is 0 Å². The van der Waals surface area contributed by atoms with Crippen LogP contribution >= 0.6 is 0 Å². The zero-order chi connectivity index (χ0) is 19.0. The average molecular weight is 366 g/mol. The molecule has 0 radical (unpaired) electrons. The Kier molecular flexibility index (Phi) is 4.72. The van der Waals surface area contributed by atoms with Crippen LogP contribution in [-0.2, 0) is 6.67 Å². The Morgan fingerprint density at radius 2 is 1.85 bits per heavy atom. The zero-order valence-electron chi connectivity index (χ0n) is 16.1. The molecule has 0 bridgehead atoms. The summed E-state index contributed by atoms with van der Waals surface area (Å²) in [6.07, 6.45) is 4.24. The van der Waals surface area contributed by atoms with E-state index >= 15 is 0 Å². The van der Waals surface area contributed by atoms with Crippen LogP contribution in [0.15, 0.2) is 24.3 Å². The number of fused-ring (bicyclic) bond motifs is 1. The van der Waals surface area contributed by atoms with Crippen molar-refractivity contribution < 1.29 is 9.59 Å². The number of hydrogen-bond acceptors (Lipinski definition) is 3. The summed E-state index contributed by atoms with van der Waals surface area (Å²) in [5.41, 5.74) is 3.54. The molecule has 2 aromatic rings. The SMILES string of the molecule is CCCCN1Cn2c(nc(C)c2-c2ccc(C(=O)N3CCCC3)cc2)C1=O. The van der Waals surface area contributed by atoms with Gasteiger partial charge in [-0.2, -0.15) is 0 Å². The van der Waals surface area contributed by atoms with E-state index in [0.29, 0.717) is 12.5 Å². The van der Waals surface area contributed by atoms with E-state index < -0.39 is 0 Å². The summed E-state index contributed by atoms with van der Waals surface area (Å²) in [6.45, 7) is 7.09. The monoisotopic (exact) mass is 366 g/mol. The van der Waals surface area contributed by atoms with Crippen LogP contribution in [0.3, 0.4) is 0 Å². The van der Waals surface area contributed by atoms with Gasteiger partial charge in [0.1, 0.15) is 0 Å². The van der Waals surface area contributed by atoms with Gasteiger partial charge in [0.25, 0.3) is 11.8 Å². The molecule has 0 aliphatic carbocycles. The van der Waals surface area contributed by atoms with Gasteiger partial charge in [0.05, 0.1) is 18.1 Å². The second-order valence-corrected chi connectivity index (χ2v) is 7.44. The van der Waals surface area contributed by atoms with Crippen molar-refractivity contribution in [3.63, 3.8) is 0 Å². The summed E-state index contributed by atoms with van der Waals surface area (Å²) in [4.78, 5) is 33.4. The first-order valence-electron chi connectivity index (χ1n) is 9.86. The molecule has 27 heavy (non-hydrogen) atoms. The van der Waals surface area contributed by atoms with Gasteiger partial charge in [0.2, 0.25) is 5.82 Å². The van der Waals surface area contributed by atoms with Crippen LogP contribution in [0, 0.1) is 6.92 Å². The van der Waals surface area contributed by atoms with E-state index in [2.05, 4.69) is 11.9 Å². The number of unbranched alkanes of at least 4 members (excludes halogenated alkanes) is 1. The van der Waals surface area contributed by atoms with Crippen LogP contribution in [0.5, 0.6) is 0 Å². The van der Waals surface area contributed by atoms with Crippen LogP contribution in [-0.4, -0.2) is 50.8 Å². The topological polar surface area (TPSA) is 58.4 Å². The maximum absolute atomic E-state index is 12.6. The minimum atomic E-state index is 0.0126. The van der Waals surface area contributed by atoms with Gasteiger partial charge >= 0.3 is 0 Å². The van der Waals surface area contributed by atoms with E-state index in [0.717, 1.165) is 67.8 Å². The minimum Gasteiger partial charge on any atom is -0.339 e. The molecule has 1 aromatic heterocycles. The smallest absolute Gasteiger partial charge is 0.291 e. The van der Waals surface area contributed by atoms with E-state index in [1.807, 2.05) is 45.6 Å². The van der Waals surface area contributed by atoms with Gasteiger partial charge in [0.15, 0.2) is 0 Å². The number of aromatic nitrogens is 2. The van der Waals surface area contributed by atoms with Crippen LogP contribution in [0.4, 0.5) is 0 Å². The van der Waals surface area contributed by atoms with Crippen molar-refractivity contribution >= 4 is 11.8 Å². The first-order chi connectivity index (χ1) is 13.1. The molecule has 0 saturated carbocycles. The molecular weight excluding hydrogens is 340 g/mol. The van der Waals surface area contributed by atoms with Gasteiger partial charge in [-0.25, -0.2) is 4.98 Å². The summed E-state index contributed by atoms with van der Waals surface area (Å²) in [5, 5.41) is 0. The number of amides is 2. The Balaban J connectivity index is 1.59. The lowest BCUT2D eigenvalue weighted by atomic mass is 10.1.